The Hall–Kier alpha value is -4.33. The molecule has 1 aliphatic rings. The number of anilines is 1. The summed E-state index contributed by atoms with van der Waals surface area (Å²) in [5, 5.41) is 11.1. The van der Waals surface area contributed by atoms with Crippen molar-refractivity contribution in [1.29, 1.82) is 0 Å². The Morgan fingerprint density at radius 1 is 1.03 bits per heavy atom. The van der Waals surface area contributed by atoms with Gasteiger partial charge in [-0.05, 0) is 60.0 Å². The van der Waals surface area contributed by atoms with E-state index in [1.807, 2.05) is 19.1 Å². The summed E-state index contributed by atoms with van der Waals surface area (Å²) < 4.78 is 19.7. The molecule has 2 heterocycles. The van der Waals surface area contributed by atoms with Gasteiger partial charge >= 0.3 is 0 Å². The minimum Gasteiger partial charge on any atom is -0.450 e. The lowest BCUT2D eigenvalue weighted by atomic mass is 9.98. The van der Waals surface area contributed by atoms with Gasteiger partial charge in [-0.15, -0.1) is 0 Å². The molecular weight excluding hydrogens is 427 g/mol. The number of aryl methyl sites for hydroxylation is 1. The van der Waals surface area contributed by atoms with Crippen molar-refractivity contribution in [2.45, 2.75) is 19.4 Å². The molecule has 0 bridgehead atoms. The van der Waals surface area contributed by atoms with Crippen molar-refractivity contribution >= 4 is 28.3 Å². The highest BCUT2D eigenvalue weighted by atomic mass is 19.1. The molecular formula is C25H17FN2O5. The second kappa shape index (κ2) is 7.67. The summed E-state index contributed by atoms with van der Waals surface area (Å²) in [5.41, 5.74) is 1.66. The molecule has 7 nitrogen and oxygen atoms in total. The summed E-state index contributed by atoms with van der Waals surface area (Å²) in [4.78, 5) is 38.9. The molecule has 0 saturated heterocycles. The highest BCUT2D eigenvalue weighted by Gasteiger charge is 2.43. The standard InChI is InChI=1S/C25H17FN2O5/c1-2-14-3-8-17(9-4-14)27-22(15-5-10-18(11-6-15)28(31)32)21-23(29)19-13-16(26)7-12-20(19)33-24(21)25(27)30/h3-13,22H,2H2,1H3. The Morgan fingerprint density at radius 3 is 2.36 bits per heavy atom. The summed E-state index contributed by atoms with van der Waals surface area (Å²) in [6.45, 7) is 2.01. The molecule has 1 unspecified atom stereocenters. The van der Waals surface area contributed by atoms with Gasteiger partial charge in [0.05, 0.1) is 21.9 Å². The number of nitro groups is 1. The summed E-state index contributed by atoms with van der Waals surface area (Å²) >= 11 is 0. The maximum atomic E-state index is 13.9. The molecule has 5 rings (SSSR count). The molecule has 164 valence electrons. The number of benzene rings is 3. The van der Waals surface area contributed by atoms with Crippen molar-refractivity contribution in [3.05, 3.63) is 115 Å². The summed E-state index contributed by atoms with van der Waals surface area (Å²) in [6, 6.07) is 15.7. The molecule has 3 aromatic carbocycles. The smallest absolute Gasteiger partial charge is 0.295 e. The SMILES string of the molecule is CCc1ccc(N2C(=O)c3oc4ccc(F)cc4c(=O)c3C2c2ccc([N+](=O)[O-])cc2)cc1. The quantitative estimate of drug-likeness (QED) is 0.320. The number of rotatable bonds is 4. The largest absolute Gasteiger partial charge is 0.450 e. The molecule has 0 N–H and O–H groups in total. The first-order chi connectivity index (χ1) is 15.9. The number of non-ortho nitro benzene ring substituents is 1. The van der Waals surface area contributed by atoms with Crippen LogP contribution in [0, 0.1) is 15.9 Å². The Morgan fingerprint density at radius 2 is 1.73 bits per heavy atom. The average Bonchev–Trinajstić information content (AvgIpc) is 3.12. The van der Waals surface area contributed by atoms with Crippen LogP contribution in [0.4, 0.5) is 15.8 Å². The number of carbonyl (C=O) groups excluding carboxylic acids is 1. The van der Waals surface area contributed by atoms with E-state index in [0.29, 0.717) is 11.3 Å². The van der Waals surface area contributed by atoms with E-state index in [-0.39, 0.29) is 28.0 Å². The van der Waals surface area contributed by atoms with Gasteiger partial charge in [0, 0.05) is 17.8 Å². The van der Waals surface area contributed by atoms with Gasteiger partial charge in [0.2, 0.25) is 5.76 Å². The molecule has 1 atom stereocenters. The Balaban J connectivity index is 1.76. The van der Waals surface area contributed by atoms with E-state index in [0.717, 1.165) is 24.1 Å². The van der Waals surface area contributed by atoms with Gasteiger partial charge in [-0.2, -0.15) is 0 Å². The van der Waals surface area contributed by atoms with Gasteiger partial charge in [0.15, 0.2) is 5.43 Å². The van der Waals surface area contributed by atoms with E-state index in [1.165, 1.54) is 35.2 Å². The number of halogens is 1. The monoisotopic (exact) mass is 444 g/mol. The Labute approximate surface area is 186 Å². The first kappa shape index (κ1) is 20.6. The first-order valence-electron chi connectivity index (χ1n) is 10.3. The number of carbonyl (C=O) groups is 1. The third-order valence-electron chi connectivity index (χ3n) is 5.87. The lowest BCUT2D eigenvalue weighted by Gasteiger charge is -2.25. The number of fused-ring (bicyclic) bond motifs is 2. The predicted molar refractivity (Wildman–Crippen MR) is 120 cm³/mol. The minimum absolute atomic E-state index is 0.0247. The summed E-state index contributed by atoms with van der Waals surface area (Å²) in [6.07, 6.45) is 0.817. The van der Waals surface area contributed by atoms with E-state index in [1.54, 1.807) is 12.1 Å². The van der Waals surface area contributed by atoms with Gasteiger partial charge in [0.1, 0.15) is 11.4 Å². The molecule has 0 radical (unpaired) electrons. The molecule has 4 aromatic rings. The van der Waals surface area contributed by atoms with Crippen LogP contribution in [0.1, 0.15) is 40.2 Å². The van der Waals surface area contributed by atoms with Crippen LogP contribution >= 0.6 is 0 Å². The zero-order valence-corrected chi connectivity index (χ0v) is 17.4. The van der Waals surface area contributed by atoms with Gasteiger partial charge in [-0.1, -0.05) is 19.1 Å². The second-order valence-corrected chi connectivity index (χ2v) is 7.76. The predicted octanol–water partition coefficient (Wildman–Crippen LogP) is 5.15. The first-order valence-corrected chi connectivity index (χ1v) is 10.3. The van der Waals surface area contributed by atoms with Crippen LogP contribution < -0.4 is 10.3 Å². The molecule has 0 spiro atoms. The maximum Gasteiger partial charge on any atom is 0.295 e. The van der Waals surface area contributed by atoms with Crippen molar-refractivity contribution in [3.63, 3.8) is 0 Å². The second-order valence-electron chi connectivity index (χ2n) is 7.76. The molecule has 1 amide bonds. The molecule has 8 heteroatoms. The van der Waals surface area contributed by atoms with E-state index >= 15 is 0 Å². The van der Waals surface area contributed by atoms with E-state index in [4.69, 9.17) is 4.42 Å². The van der Waals surface area contributed by atoms with Gasteiger partial charge in [0.25, 0.3) is 11.6 Å². The fraction of sp³-hybridized carbons (Fsp3) is 0.120. The zero-order chi connectivity index (χ0) is 23.3. The molecule has 1 aromatic heterocycles. The number of hydrogen-bond donors (Lipinski definition) is 0. The zero-order valence-electron chi connectivity index (χ0n) is 17.4. The van der Waals surface area contributed by atoms with Crippen LogP contribution in [0.25, 0.3) is 11.0 Å². The fourth-order valence-electron chi connectivity index (χ4n) is 4.20. The van der Waals surface area contributed by atoms with Crippen LogP contribution in [-0.4, -0.2) is 10.8 Å². The van der Waals surface area contributed by atoms with Crippen molar-refractivity contribution in [1.82, 2.24) is 0 Å². The van der Waals surface area contributed by atoms with Gasteiger partial charge < -0.3 is 4.42 Å². The van der Waals surface area contributed by atoms with Crippen LogP contribution in [-0.2, 0) is 6.42 Å². The van der Waals surface area contributed by atoms with E-state index in [2.05, 4.69) is 0 Å². The third-order valence-corrected chi connectivity index (χ3v) is 5.87. The number of nitro benzene ring substituents is 1. The van der Waals surface area contributed by atoms with Crippen LogP contribution in [0.2, 0.25) is 0 Å². The highest BCUT2D eigenvalue weighted by molar-refractivity contribution is 6.10. The van der Waals surface area contributed by atoms with Crippen LogP contribution in [0.15, 0.2) is 75.9 Å². The summed E-state index contributed by atoms with van der Waals surface area (Å²) in [5.74, 6) is -1.24. The number of nitrogens with zero attached hydrogens (tertiary/aromatic N) is 2. The van der Waals surface area contributed by atoms with E-state index < -0.39 is 28.1 Å². The maximum absolute atomic E-state index is 13.9. The average molecular weight is 444 g/mol. The van der Waals surface area contributed by atoms with E-state index in [9.17, 15) is 24.1 Å². The molecule has 0 saturated carbocycles. The fourth-order valence-corrected chi connectivity index (χ4v) is 4.20. The van der Waals surface area contributed by atoms with Gasteiger partial charge in [-0.25, -0.2) is 4.39 Å². The van der Waals surface area contributed by atoms with Crippen molar-refractivity contribution < 1.29 is 18.5 Å². The summed E-state index contributed by atoms with van der Waals surface area (Å²) in [7, 11) is 0. The van der Waals surface area contributed by atoms with Gasteiger partial charge in [-0.3, -0.25) is 24.6 Å². The Kier molecular flexibility index (Phi) is 4.78. The molecule has 33 heavy (non-hydrogen) atoms. The lowest BCUT2D eigenvalue weighted by Crippen LogP contribution is -2.29. The topological polar surface area (TPSA) is 93.7 Å². The van der Waals surface area contributed by atoms with Crippen LogP contribution in [0.5, 0.6) is 0 Å². The minimum atomic E-state index is -0.885. The van der Waals surface area contributed by atoms with Crippen molar-refractivity contribution in [2.24, 2.45) is 0 Å². The number of hydrogen-bond acceptors (Lipinski definition) is 5. The molecule has 1 aliphatic heterocycles. The van der Waals surface area contributed by atoms with Crippen molar-refractivity contribution in [3.8, 4) is 0 Å². The molecule has 0 fully saturated rings. The highest BCUT2D eigenvalue weighted by Crippen LogP contribution is 2.41. The third kappa shape index (κ3) is 3.27. The van der Waals surface area contributed by atoms with Crippen LogP contribution in [0.3, 0.4) is 0 Å². The lowest BCUT2D eigenvalue weighted by molar-refractivity contribution is -0.384. The van der Waals surface area contributed by atoms with Crippen molar-refractivity contribution in [2.75, 3.05) is 4.90 Å². The Bertz CT molecular complexity index is 1480. The normalized spacial score (nSPS) is 15.2. The number of amides is 1. The molecule has 0 aliphatic carbocycles.